The predicted octanol–water partition coefficient (Wildman–Crippen LogP) is 3.83. The van der Waals surface area contributed by atoms with Crippen molar-refractivity contribution in [2.24, 2.45) is 10.9 Å². The monoisotopic (exact) mass is 175 g/mol. The lowest BCUT2D eigenvalue weighted by Gasteiger charge is -2.03. The Hall–Kier alpha value is -1.11. The van der Waals surface area contributed by atoms with E-state index in [-0.39, 0.29) is 0 Å². The number of nitrogens with zero attached hydrogens (tertiary/aromatic N) is 1. The van der Waals surface area contributed by atoms with Gasteiger partial charge in [-0.2, -0.15) is 0 Å². The molecule has 0 atom stereocenters. The Morgan fingerprint density at radius 3 is 2.31 bits per heavy atom. The molecule has 1 aromatic rings. The van der Waals surface area contributed by atoms with Gasteiger partial charge in [0, 0.05) is 6.21 Å². The van der Waals surface area contributed by atoms with Crippen LogP contribution < -0.4 is 0 Å². The summed E-state index contributed by atoms with van der Waals surface area (Å²) in [6.45, 7) is 4.40. The number of benzene rings is 1. The van der Waals surface area contributed by atoms with Crippen molar-refractivity contribution in [3.63, 3.8) is 0 Å². The van der Waals surface area contributed by atoms with Crippen LogP contribution in [0.1, 0.15) is 26.7 Å². The van der Waals surface area contributed by atoms with Gasteiger partial charge < -0.3 is 0 Å². The van der Waals surface area contributed by atoms with Crippen LogP contribution >= 0.6 is 0 Å². The normalized spacial score (nSPS) is 11.3. The van der Waals surface area contributed by atoms with E-state index >= 15 is 0 Å². The molecule has 1 nitrogen and oxygen atoms in total. The molecule has 70 valence electrons. The van der Waals surface area contributed by atoms with Crippen LogP contribution in [0.3, 0.4) is 0 Å². The van der Waals surface area contributed by atoms with Crippen molar-refractivity contribution < 1.29 is 0 Å². The minimum Gasteiger partial charge on any atom is -0.261 e. The Morgan fingerprint density at radius 2 is 1.77 bits per heavy atom. The molecule has 0 saturated carbocycles. The highest BCUT2D eigenvalue weighted by atomic mass is 14.7. The van der Waals surface area contributed by atoms with Gasteiger partial charge in [0.1, 0.15) is 0 Å². The third-order valence-corrected chi connectivity index (χ3v) is 2.24. The Kier molecular flexibility index (Phi) is 4.24. The van der Waals surface area contributed by atoms with Gasteiger partial charge in [0.2, 0.25) is 0 Å². The Morgan fingerprint density at radius 1 is 1.15 bits per heavy atom. The number of rotatable bonds is 4. The summed E-state index contributed by atoms with van der Waals surface area (Å²) in [5.41, 5.74) is 1.05. The number of hydrogen-bond donors (Lipinski definition) is 0. The second-order valence-electron chi connectivity index (χ2n) is 3.19. The van der Waals surface area contributed by atoms with Crippen molar-refractivity contribution in [3.8, 4) is 0 Å². The molecule has 0 aliphatic carbocycles. The fourth-order valence-corrected chi connectivity index (χ4v) is 1.21. The van der Waals surface area contributed by atoms with Gasteiger partial charge in [-0.15, -0.1) is 0 Å². The van der Waals surface area contributed by atoms with Crippen molar-refractivity contribution in [2.75, 3.05) is 0 Å². The van der Waals surface area contributed by atoms with Gasteiger partial charge in [0.05, 0.1) is 5.69 Å². The summed E-state index contributed by atoms with van der Waals surface area (Å²) < 4.78 is 0. The second-order valence-corrected chi connectivity index (χ2v) is 3.19. The molecule has 1 heteroatoms. The molecule has 0 spiro atoms. The summed E-state index contributed by atoms with van der Waals surface area (Å²) in [7, 11) is 0. The van der Waals surface area contributed by atoms with Crippen molar-refractivity contribution in [1.29, 1.82) is 0 Å². The summed E-state index contributed by atoms with van der Waals surface area (Å²) in [4.78, 5) is 4.42. The second kappa shape index (κ2) is 5.52. The summed E-state index contributed by atoms with van der Waals surface area (Å²) in [5.74, 6) is 0.625. The third kappa shape index (κ3) is 3.41. The topological polar surface area (TPSA) is 12.4 Å². The summed E-state index contributed by atoms with van der Waals surface area (Å²) in [5, 5.41) is 0. The van der Waals surface area contributed by atoms with Gasteiger partial charge in [0.25, 0.3) is 0 Å². The first kappa shape index (κ1) is 9.97. The zero-order valence-corrected chi connectivity index (χ0v) is 8.40. The maximum atomic E-state index is 4.42. The molecule has 0 saturated heterocycles. The largest absolute Gasteiger partial charge is 0.261 e. The number of aliphatic imine (C=N–C) groups is 1. The van der Waals surface area contributed by atoms with Crippen LogP contribution in [0.2, 0.25) is 0 Å². The fourth-order valence-electron chi connectivity index (χ4n) is 1.21. The number of para-hydroxylation sites is 1. The van der Waals surface area contributed by atoms with E-state index in [1.54, 1.807) is 0 Å². The van der Waals surface area contributed by atoms with Crippen molar-refractivity contribution in [3.05, 3.63) is 30.3 Å². The van der Waals surface area contributed by atoms with Crippen LogP contribution in [-0.2, 0) is 0 Å². The molecular formula is C12H17N. The van der Waals surface area contributed by atoms with E-state index in [0.29, 0.717) is 5.92 Å². The molecule has 0 N–H and O–H groups in total. The van der Waals surface area contributed by atoms with Crippen molar-refractivity contribution in [2.45, 2.75) is 26.7 Å². The van der Waals surface area contributed by atoms with E-state index < -0.39 is 0 Å². The SMILES string of the molecule is CCC(C=Nc1ccccc1)CC. The van der Waals surface area contributed by atoms with Crippen LogP contribution in [0, 0.1) is 5.92 Å². The van der Waals surface area contributed by atoms with Gasteiger partial charge >= 0.3 is 0 Å². The first-order valence-electron chi connectivity index (χ1n) is 4.96. The predicted molar refractivity (Wildman–Crippen MR) is 58.7 cm³/mol. The van der Waals surface area contributed by atoms with E-state index in [9.17, 15) is 0 Å². The maximum Gasteiger partial charge on any atom is 0.0625 e. The molecule has 0 amide bonds. The highest BCUT2D eigenvalue weighted by molar-refractivity contribution is 5.65. The average Bonchev–Trinajstić information content (AvgIpc) is 2.21. The summed E-state index contributed by atoms with van der Waals surface area (Å²) in [6.07, 6.45) is 4.41. The molecular weight excluding hydrogens is 158 g/mol. The molecule has 1 rings (SSSR count). The summed E-state index contributed by atoms with van der Waals surface area (Å²) in [6, 6.07) is 10.1. The molecule has 13 heavy (non-hydrogen) atoms. The Bertz CT molecular complexity index is 247. The molecule has 0 aliphatic heterocycles. The zero-order chi connectivity index (χ0) is 9.52. The molecule has 0 aliphatic rings. The van der Waals surface area contributed by atoms with Crippen molar-refractivity contribution >= 4 is 11.9 Å². The maximum absolute atomic E-state index is 4.42. The van der Waals surface area contributed by atoms with Gasteiger partial charge in [-0.25, -0.2) is 0 Å². The highest BCUT2D eigenvalue weighted by Crippen LogP contribution is 2.11. The molecule has 0 aromatic heterocycles. The van der Waals surface area contributed by atoms with Gasteiger partial charge in [-0.1, -0.05) is 32.0 Å². The molecule has 0 heterocycles. The van der Waals surface area contributed by atoms with Crippen molar-refractivity contribution in [1.82, 2.24) is 0 Å². The minimum atomic E-state index is 0.625. The van der Waals surface area contributed by atoms with E-state index in [1.165, 1.54) is 12.8 Å². The first-order valence-corrected chi connectivity index (χ1v) is 4.96. The molecule has 0 fully saturated rings. The van der Waals surface area contributed by atoms with Crippen LogP contribution in [0.5, 0.6) is 0 Å². The van der Waals surface area contributed by atoms with Crippen LogP contribution in [0.4, 0.5) is 5.69 Å². The molecule has 0 unspecified atom stereocenters. The molecule has 0 radical (unpaired) electrons. The molecule has 0 bridgehead atoms. The van der Waals surface area contributed by atoms with Crippen LogP contribution in [-0.4, -0.2) is 6.21 Å². The van der Waals surface area contributed by atoms with Gasteiger partial charge in [-0.3, -0.25) is 4.99 Å². The minimum absolute atomic E-state index is 0.625. The van der Waals surface area contributed by atoms with Gasteiger partial charge in [0.15, 0.2) is 0 Å². The smallest absolute Gasteiger partial charge is 0.0625 e. The van der Waals surface area contributed by atoms with Crippen LogP contribution in [0.15, 0.2) is 35.3 Å². The lowest BCUT2D eigenvalue weighted by atomic mass is 10.1. The quantitative estimate of drug-likeness (QED) is 0.617. The average molecular weight is 175 g/mol. The van der Waals surface area contributed by atoms with E-state index in [0.717, 1.165) is 5.69 Å². The first-order chi connectivity index (χ1) is 6.36. The van der Waals surface area contributed by atoms with Crippen LogP contribution in [0.25, 0.3) is 0 Å². The van der Waals surface area contributed by atoms with E-state index in [1.807, 2.05) is 30.3 Å². The summed E-state index contributed by atoms with van der Waals surface area (Å²) >= 11 is 0. The molecule has 1 aromatic carbocycles. The Balaban J connectivity index is 2.57. The van der Waals surface area contributed by atoms with E-state index in [4.69, 9.17) is 0 Å². The lowest BCUT2D eigenvalue weighted by Crippen LogP contribution is -1.96. The number of hydrogen-bond acceptors (Lipinski definition) is 1. The highest BCUT2D eigenvalue weighted by Gasteiger charge is 1.97. The van der Waals surface area contributed by atoms with E-state index in [2.05, 4.69) is 25.1 Å². The lowest BCUT2D eigenvalue weighted by molar-refractivity contribution is 0.655. The zero-order valence-electron chi connectivity index (χ0n) is 8.40. The van der Waals surface area contributed by atoms with Gasteiger partial charge in [-0.05, 0) is 30.9 Å². The standard InChI is InChI=1S/C12H17N/c1-3-11(4-2)10-13-12-8-6-5-7-9-12/h5-11H,3-4H2,1-2H3. The fraction of sp³-hybridized carbons (Fsp3) is 0.417. The Labute approximate surface area is 80.5 Å². The third-order valence-electron chi connectivity index (χ3n) is 2.24.